The van der Waals surface area contributed by atoms with E-state index in [0.717, 1.165) is 0 Å². The molecule has 0 aliphatic heterocycles. The minimum atomic E-state index is 0.0185. The molecule has 3 heteroatoms. The summed E-state index contributed by atoms with van der Waals surface area (Å²) in [6.07, 6.45) is 7.83. The first-order chi connectivity index (χ1) is 5.27. The quantitative estimate of drug-likeness (QED) is 0.565. The average Bonchev–Trinajstić information content (AvgIpc) is 2.09. The van der Waals surface area contributed by atoms with E-state index in [0.29, 0.717) is 0 Å². The summed E-state index contributed by atoms with van der Waals surface area (Å²) in [6, 6.07) is 0. The Kier molecular flexibility index (Phi) is 5.70. The van der Waals surface area contributed by atoms with Crippen LogP contribution < -0.4 is 0 Å². The smallest absolute Gasteiger partial charge is 0.152 e. The van der Waals surface area contributed by atoms with Crippen molar-refractivity contribution < 1.29 is 4.79 Å². The van der Waals surface area contributed by atoms with E-state index in [1.54, 1.807) is 24.8 Å². The first kappa shape index (κ1) is 9.49. The summed E-state index contributed by atoms with van der Waals surface area (Å²) < 4.78 is 0. The Morgan fingerprint density at radius 1 is 1.27 bits per heavy atom. The van der Waals surface area contributed by atoms with Crippen molar-refractivity contribution in [3.8, 4) is 0 Å². The number of ketones is 1. The molecule has 1 rings (SSSR count). The predicted octanol–water partition coefficient (Wildman–Crippen LogP) is 1.24. The first-order valence-electron chi connectivity index (χ1n) is 3.10. The monoisotopic (exact) mass is 150 g/mol. The maximum absolute atomic E-state index is 9.69. The number of rotatable bonds is 1. The van der Waals surface area contributed by atoms with Crippen LogP contribution in [0, 0.1) is 0 Å². The number of aromatic nitrogens is 2. The highest BCUT2D eigenvalue weighted by Gasteiger charge is 1.69. The standard InChI is InChI=1S/C4H4N2.C4H6O/c1-2-6-4-3-5-1;1-3-4(2)5/h1-4H;3H,1H2,2H3. The SMILES string of the molecule is C=CC(C)=O.c1cnccn1. The Hall–Kier alpha value is -1.51. The molecule has 0 N–H and O–H groups in total. The molecule has 0 bridgehead atoms. The van der Waals surface area contributed by atoms with Gasteiger partial charge in [0.25, 0.3) is 0 Å². The topological polar surface area (TPSA) is 42.9 Å². The number of allylic oxidation sites excluding steroid dienone is 1. The Bertz CT molecular complexity index is 182. The van der Waals surface area contributed by atoms with Gasteiger partial charge in [-0.2, -0.15) is 0 Å². The summed E-state index contributed by atoms with van der Waals surface area (Å²) in [7, 11) is 0. The first-order valence-corrected chi connectivity index (χ1v) is 3.10. The third-order valence-electron chi connectivity index (χ3n) is 0.765. The zero-order valence-electron chi connectivity index (χ0n) is 6.40. The predicted molar refractivity (Wildman–Crippen MR) is 42.9 cm³/mol. The molecule has 0 amide bonds. The Morgan fingerprint density at radius 3 is 1.64 bits per heavy atom. The molecule has 0 unspecified atom stereocenters. The fourth-order valence-electron chi connectivity index (χ4n) is 0.253. The number of nitrogens with zero attached hydrogens (tertiary/aromatic N) is 2. The lowest BCUT2D eigenvalue weighted by molar-refractivity contribution is -0.112. The van der Waals surface area contributed by atoms with Crippen molar-refractivity contribution >= 4 is 5.78 Å². The second kappa shape index (κ2) is 6.61. The summed E-state index contributed by atoms with van der Waals surface area (Å²) in [5.41, 5.74) is 0. The van der Waals surface area contributed by atoms with E-state index in [-0.39, 0.29) is 5.78 Å². The largest absolute Gasteiger partial charge is 0.295 e. The van der Waals surface area contributed by atoms with Gasteiger partial charge in [0.1, 0.15) is 0 Å². The fraction of sp³-hybridized carbons (Fsp3) is 0.125. The van der Waals surface area contributed by atoms with Crippen LogP contribution in [0.1, 0.15) is 6.92 Å². The second-order valence-electron chi connectivity index (χ2n) is 1.71. The number of hydrogen-bond donors (Lipinski definition) is 0. The summed E-state index contributed by atoms with van der Waals surface area (Å²) in [6.45, 7) is 4.68. The molecule has 0 saturated carbocycles. The van der Waals surface area contributed by atoms with Gasteiger partial charge in [0.05, 0.1) is 0 Å². The van der Waals surface area contributed by atoms with Crippen LogP contribution in [0.4, 0.5) is 0 Å². The van der Waals surface area contributed by atoms with Crippen LogP contribution in [0.15, 0.2) is 37.4 Å². The summed E-state index contributed by atoms with van der Waals surface area (Å²) >= 11 is 0. The van der Waals surface area contributed by atoms with Crippen LogP contribution in [-0.4, -0.2) is 15.8 Å². The molecule has 0 spiro atoms. The molecule has 0 atom stereocenters. The molecule has 58 valence electrons. The van der Waals surface area contributed by atoms with Crippen molar-refractivity contribution in [1.29, 1.82) is 0 Å². The van der Waals surface area contributed by atoms with E-state index in [2.05, 4.69) is 16.5 Å². The molecule has 0 fully saturated rings. The highest BCUT2D eigenvalue weighted by molar-refractivity contribution is 5.86. The van der Waals surface area contributed by atoms with Crippen LogP contribution in [0.5, 0.6) is 0 Å². The molecule has 0 aliphatic carbocycles. The minimum Gasteiger partial charge on any atom is -0.295 e. The average molecular weight is 150 g/mol. The highest BCUT2D eigenvalue weighted by Crippen LogP contribution is 1.65. The molecule has 0 saturated heterocycles. The van der Waals surface area contributed by atoms with Crippen molar-refractivity contribution in [3.63, 3.8) is 0 Å². The van der Waals surface area contributed by atoms with Gasteiger partial charge in [-0.1, -0.05) is 6.58 Å². The Morgan fingerprint density at radius 2 is 1.55 bits per heavy atom. The summed E-state index contributed by atoms with van der Waals surface area (Å²) in [5, 5.41) is 0. The zero-order valence-corrected chi connectivity index (χ0v) is 6.40. The zero-order chi connectivity index (χ0) is 8.53. The third kappa shape index (κ3) is 8.49. The third-order valence-corrected chi connectivity index (χ3v) is 0.765. The molecule has 0 aliphatic rings. The lowest BCUT2D eigenvalue weighted by Crippen LogP contribution is -1.74. The van der Waals surface area contributed by atoms with E-state index in [4.69, 9.17) is 0 Å². The molecule has 11 heavy (non-hydrogen) atoms. The van der Waals surface area contributed by atoms with E-state index in [1.807, 2.05) is 0 Å². The normalized spacial score (nSPS) is 7.36. The van der Waals surface area contributed by atoms with Gasteiger partial charge in [-0.05, 0) is 13.0 Å². The van der Waals surface area contributed by atoms with Crippen LogP contribution in [0.3, 0.4) is 0 Å². The lowest BCUT2D eigenvalue weighted by Gasteiger charge is -1.70. The molecular formula is C8H10N2O. The summed E-state index contributed by atoms with van der Waals surface area (Å²) in [4.78, 5) is 17.1. The van der Waals surface area contributed by atoms with Crippen molar-refractivity contribution in [1.82, 2.24) is 9.97 Å². The molecule has 3 nitrogen and oxygen atoms in total. The number of carbonyl (C=O) groups excluding carboxylic acids is 1. The van der Waals surface area contributed by atoms with Gasteiger partial charge in [-0.15, -0.1) is 0 Å². The molecule has 0 radical (unpaired) electrons. The Labute approximate surface area is 65.8 Å². The van der Waals surface area contributed by atoms with Gasteiger partial charge in [0.2, 0.25) is 0 Å². The fourth-order valence-corrected chi connectivity index (χ4v) is 0.253. The molecule has 1 aromatic heterocycles. The van der Waals surface area contributed by atoms with Crippen LogP contribution in [-0.2, 0) is 4.79 Å². The van der Waals surface area contributed by atoms with Gasteiger partial charge in [-0.3, -0.25) is 14.8 Å². The maximum Gasteiger partial charge on any atom is 0.152 e. The van der Waals surface area contributed by atoms with Crippen molar-refractivity contribution in [2.45, 2.75) is 6.92 Å². The molecule has 1 heterocycles. The van der Waals surface area contributed by atoms with Crippen LogP contribution >= 0.6 is 0 Å². The van der Waals surface area contributed by atoms with Gasteiger partial charge in [0, 0.05) is 24.8 Å². The minimum absolute atomic E-state index is 0.0185. The second-order valence-corrected chi connectivity index (χ2v) is 1.71. The van der Waals surface area contributed by atoms with E-state index in [1.165, 1.54) is 13.0 Å². The van der Waals surface area contributed by atoms with Crippen molar-refractivity contribution in [2.24, 2.45) is 0 Å². The highest BCUT2D eigenvalue weighted by atomic mass is 16.1. The van der Waals surface area contributed by atoms with Crippen molar-refractivity contribution in [2.75, 3.05) is 0 Å². The van der Waals surface area contributed by atoms with E-state index in [9.17, 15) is 4.79 Å². The van der Waals surface area contributed by atoms with Crippen molar-refractivity contribution in [3.05, 3.63) is 37.4 Å². The molecular weight excluding hydrogens is 140 g/mol. The van der Waals surface area contributed by atoms with Gasteiger partial charge in [0.15, 0.2) is 5.78 Å². The molecule has 1 aromatic rings. The number of hydrogen-bond acceptors (Lipinski definition) is 3. The Balaban J connectivity index is 0.000000187. The summed E-state index contributed by atoms with van der Waals surface area (Å²) in [5.74, 6) is 0.0185. The lowest BCUT2D eigenvalue weighted by atomic mass is 10.5. The van der Waals surface area contributed by atoms with Gasteiger partial charge in [-0.25, -0.2) is 0 Å². The molecule has 0 aromatic carbocycles. The van der Waals surface area contributed by atoms with E-state index < -0.39 is 0 Å². The van der Waals surface area contributed by atoms with Gasteiger partial charge >= 0.3 is 0 Å². The van der Waals surface area contributed by atoms with Crippen LogP contribution in [0.25, 0.3) is 0 Å². The number of carbonyl (C=O) groups is 1. The van der Waals surface area contributed by atoms with Gasteiger partial charge < -0.3 is 0 Å². The maximum atomic E-state index is 9.69. The van der Waals surface area contributed by atoms with Crippen LogP contribution in [0.2, 0.25) is 0 Å². The van der Waals surface area contributed by atoms with E-state index >= 15 is 0 Å².